The number of carbonyl (C=O) groups is 3. The fourth-order valence-electron chi connectivity index (χ4n) is 4.05. The Kier molecular flexibility index (Phi) is 12.4. The predicted molar refractivity (Wildman–Crippen MR) is 152 cm³/mol. The number of nitrogens with one attached hydrogen (secondary N) is 2. The number of hydrogen-bond donors (Lipinski definition) is 3. The zero-order chi connectivity index (χ0) is 28.6. The smallest absolute Gasteiger partial charge is 0.408 e. The van der Waals surface area contributed by atoms with Crippen LogP contribution >= 0.6 is 0 Å². The molecule has 0 saturated heterocycles. The van der Waals surface area contributed by atoms with Crippen molar-refractivity contribution in [2.45, 2.75) is 51.0 Å². The van der Waals surface area contributed by atoms with Gasteiger partial charge in [-0.25, -0.2) is 9.59 Å². The Balaban J connectivity index is 1.73. The second-order valence-electron chi connectivity index (χ2n) is 9.19. The molecule has 0 aliphatic rings. The minimum Gasteiger partial charge on any atom is -0.463 e. The van der Waals surface area contributed by atoms with Crippen molar-refractivity contribution < 1.29 is 29.0 Å². The molecule has 0 radical (unpaired) electrons. The number of aliphatic hydroxyl groups excluding tert-OH is 1. The van der Waals surface area contributed by atoms with Crippen LogP contribution in [0.25, 0.3) is 0 Å². The van der Waals surface area contributed by atoms with Crippen LogP contribution in [0, 0.1) is 0 Å². The van der Waals surface area contributed by atoms with Crippen molar-refractivity contribution in [3.05, 3.63) is 120 Å². The van der Waals surface area contributed by atoms with Gasteiger partial charge in [0.1, 0.15) is 12.6 Å². The molecule has 3 atom stereocenters. The van der Waals surface area contributed by atoms with Gasteiger partial charge in [0, 0.05) is 12.5 Å². The number of ether oxygens (including phenoxy) is 2. The number of aryl methyl sites for hydroxylation is 1. The third-order valence-corrected chi connectivity index (χ3v) is 6.15. The summed E-state index contributed by atoms with van der Waals surface area (Å²) in [6.07, 6.45) is 1.74. The summed E-state index contributed by atoms with van der Waals surface area (Å²) in [5, 5.41) is 16.4. The van der Waals surface area contributed by atoms with Crippen molar-refractivity contribution >= 4 is 18.0 Å². The first-order valence-electron chi connectivity index (χ1n) is 13.3. The van der Waals surface area contributed by atoms with Gasteiger partial charge in [-0.2, -0.15) is 0 Å². The summed E-state index contributed by atoms with van der Waals surface area (Å²) in [7, 11) is 0. The van der Waals surface area contributed by atoms with Gasteiger partial charge >= 0.3 is 12.1 Å². The molecule has 3 N–H and O–H groups in total. The van der Waals surface area contributed by atoms with Crippen LogP contribution in [0.15, 0.2) is 103 Å². The zero-order valence-electron chi connectivity index (χ0n) is 22.6. The van der Waals surface area contributed by atoms with Gasteiger partial charge in [-0.1, -0.05) is 91.0 Å². The molecule has 0 aromatic heterocycles. The monoisotopic (exact) mass is 544 g/mol. The Morgan fingerprint density at radius 1 is 0.800 bits per heavy atom. The van der Waals surface area contributed by atoms with E-state index in [1.807, 2.05) is 91.0 Å². The highest BCUT2D eigenvalue weighted by atomic mass is 16.5. The number of esters is 1. The summed E-state index contributed by atoms with van der Waals surface area (Å²) >= 11 is 0. The average Bonchev–Trinajstić information content (AvgIpc) is 2.98. The van der Waals surface area contributed by atoms with Gasteiger partial charge in [0.05, 0.1) is 18.8 Å². The predicted octanol–water partition coefficient (Wildman–Crippen LogP) is 4.12. The molecule has 40 heavy (non-hydrogen) atoms. The Morgan fingerprint density at radius 2 is 1.38 bits per heavy atom. The number of benzene rings is 3. The molecule has 8 nitrogen and oxygen atoms in total. The minimum atomic E-state index is -1.17. The normalized spacial score (nSPS) is 13.2. The van der Waals surface area contributed by atoms with Gasteiger partial charge in [0.25, 0.3) is 0 Å². The molecule has 210 valence electrons. The zero-order valence-corrected chi connectivity index (χ0v) is 22.6. The molecule has 0 bridgehead atoms. The standard InChI is InChI=1S/C32H36N2O6/c1-2-39-30(36)21-20-29(35)27(19-18-24-12-6-3-7-13-24)33-31(37)28(22-25-14-8-4-9-15-25)34-32(38)40-23-26-16-10-5-11-17-26/h3-17,20-21,27-29,35H,2,18-19,22-23H2,1H3,(H,33,37)(H,34,38)/t27-,28-,29+/m0/s1. The first kappa shape index (κ1) is 30.1. The molecule has 0 aliphatic heterocycles. The van der Waals surface area contributed by atoms with Crippen LogP contribution in [-0.2, 0) is 38.5 Å². The SMILES string of the molecule is CCOC(=O)C=C[C@@H](O)[C@H](CCc1ccccc1)NC(=O)[C@H](Cc1ccccc1)NC(=O)OCc1ccccc1. The van der Waals surface area contributed by atoms with E-state index < -0.39 is 36.2 Å². The Labute approximate surface area is 235 Å². The van der Waals surface area contributed by atoms with Gasteiger partial charge in [-0.05, 0) is 42.5 Å². The maximum absolute atomic E-state index is 13.5. The second kappa shape index (κ2) is 16.5. The second-order valence-corrected chi connectivity index (χ2v) is 9.19. The van der Waals surface area contributed by atoms with Crippen LogP contribution in [0.4, 0.5) is 4.79 Å². The van der Waals surface area contributed by atoms with Crippen LogP contribution in [-0.4, -0.2) is 47.9 Å². The molecule has 0 aliphatic carbocycles. The fraction of sp³-hybridized carbons (Fsp3) is 0.281. The van der Waals surface area contributed by atoms with Gasteiger partial charge in [-0.15, -0.1) is 0 Å². The lowest BCUT2D eigenvalue weighted by atomic mass is 9.99. The van der Waals surface area contributed by atoms with Gasteiger partial charge < -0.3 is 25.2 Å². The van der Waals surface area contributed by atoms with E-state index in [-0.39, 0.29) is 19.6 Å². The van der Waals surface area contributed by atoms with Crippen molar-refractivity contribution in [2.24, 2.45) is 0 Å². The van der Waals surface area contributed by atoms with Crippen molar-refractivity contribution in [3.8, 4) is 0 Å². The van der Waals surface area contributed by atoms with E-state index in [1.54, 1.807) is 6.92 Å². The first-order chi connectivity index (χ1) is 19.4. The number of aliphatic hydroxyl groups is 1. The van der Waals surface area contributed by atoms with Gasteiger partial charge in [0.15, 0.2) is 0 Å². The molecular weight excluding hydrogens is 508 g/mol. The highest BCUT2D eigenvalue weighted by molar-refractivity contribution is 5.86. The lowest BCUT2D eigenvalue weighted by Crippen LogP contribution is -2.53. The van der Waals surface area contributed by atoms with Crippen molar-refractivity contribution in [2.75, 3.05) is 6.61 Å². The lowest BCUT2D eigenvalue weighted by molar-refractivity contribution is -0.137. The molecule has 0 saturated carbocycles. The third-order valence-electron chi connectivity index (χ3n) is 6.15. The van der Waals surface area contributed by atoms with E-state index in [0.29, 0.717) is 12.8 Å². The third kappa shape index (κ3) is 10.7. The molecule has 0 fully saturated rings. The minimum absolute atomic E-state index is 0.0589. The van der Waals surface area contributed by atoms with E-state index in [9.17, 15) is 19.5 Å². The first-order valence-corrected chi connectivity index (χ1v) is 13.3. The fourth-order valence-corrected chi connectivity index (χ4v) is 4.05. The lowest BCUT2D eigenvalue weighted by Gasteiger charge is -2.26. The molecule has 3 rings (SSSR count). The van der Waals surface area contributed by atoms with E-state index >= 15 is 0 Å². The summed E-state index contributed by atoms with van der Waals surface area (Å²) in [5.74, 6) is -1.07. The van der Waals surface area contributed by atoms with E-state index in [4.69, 9.17) is 9.47 Å². The maximum Gasteiger partial charge on any atom is 0.408 e. The molecule has 0 heterocycles. The summed E-state index contributed by atoms with van der Waals surface area (Å²) in [6, 6.07) is 26.5. The Hall–Kier alpha value is -4.43. The quantitative estimate of drug-likeness (QED) is 0.208. The highest BCUT2D eigenvalue weighted by Crippen LogP contribution is 2.11. The number of hydrogen-bond acceptors (Lipinski definition) is 6. The van der Waals surface area contributed by atoms with E-state index in [0.717, 1.165) is 22.8 Å². The van der Waals surface area contributed by atoms with Crippen LogP contribution < -0.4 is 10.6 Å². The van der Waals surface area contributed by atoms with E-state index in [2.05, 4.69) is 10.6 Å². The van der Waals surface area contributed by atoms with Crippen molar-refractivity contribution in [1.29, 1.82) is 0 Å². The van der Waals surface area contributed by atoms with Crippen LogP contribution in [0.1, 0.15) is 30.0 Å². The van der Waals surface area contributed by atoms with Crippen LogP contribution in [0.5, 0.6) is 0 Å². The summed E-state index contributed by atoms with van der Waals surface area (Å²) in [4.78, 5) is 38.0. The summed E-state index contributed by atoms with van der Waals surface area (Å²) in [5.41, 5.74) is 2.69. The van der Waals surface area contributed by atoms with Crippen LogP contribution in [0.3, 0.4) is 0 Å². The average molecular weight is 545 g/mol. The van der Waals surface area contributed by atoms with Crippen molar-refractivity contribution in [1.82, 2.24) is 10.6 Å². The largest absolute Gasteiger partial charge is 0.463 e. The molecule has 2 amide bonds. The molecule has 0 unspecified atom stereocenters. The summed E-state index contributed by atoms with van der Waals surface area (Å²) < 4.78 is 10.3. The molecule has 3 aromatic rings. The topological polar surface area (TPSA) is 114 Å². The highest BCUT2D eigenvalue weighted by Gasteiger charge is 2.27. The Morgan fingerprint density at radius 3 is 1.98 bits per heavy atom. The molecule has 8 heteroatoms. The summed E-state index contributed by atoms with van der Waals surface area (Å²) in [6.45, 7) is 1.96. The number of carbonyl (C=O) groups excluding carboxylic acids is 3. The number of rotatable bonds is 14. The number of alkyl carbamates (subject to hydrolysis) is 1. The van der Waals surface area contributed by atoms with Gasteiger partial charge in [0.2, 0.25) is 5.91 Å². The molecular formula is C32H36N2O6. The molecule has 3 aromatic carbocycles. The maximum atomic E-state index is 13.5. The van der Waals surface area contributed by atoms with Crippen molar-refractivity contribution in [3.63, 3.8) is 0 Å². The van der Waals surface area contributed by atoms with Crippen LogP contribution in [0.2, 0.25) is 0 Å². The Bertz CT molecular complexity index is 1220. The van der Waals surface area contributed by atoms with E-state index in [1.165, 1.54) is 6.08 Å². The van der Waals surface area contributed by atoms with Gasteiger partial charge in [-0.3, -0.25) is 4.79 Å². The number of amides is 2. The molecule has 0 spiro atoms.